The largest absolute Gasteiger partial charge is 0.376 e. The molecule has 0 N–H and O–H groups in total. The molecular weight excluding hydrogens is 279 g/mol. The number of halogens is 1. The van der Waals surface area contributed by atoms with Crippen LogP contribution < -0.4 is 4.18 Å². The van der Waals surface area contributed by atoms with Crippen molar-refractivity contribution < 1.29 is 17.0 Å². The summed E-state index contributed by atoms with van der Waals surface area (Å²) in [6, 6.07) is 8.93. The third kappa shape index (κ3) is 2.82. The fourth-order valence-corrected chi connectivity index (χ4v) is 3.59. The van der Waals surface area contributed by atoms with Crippen LogP contribution in [0.25, 0.3) is 0 Å². The second-order valence-electron chi connectivity index (χ2n) is 4.70. The minimum absolute atomic E-state index is 0.0892. The van der Waals surface area contributed by atoms with Gasteiger partial charge in [-0.05, 0) is 44.0 Å². The van der Waals surface area contributed by atoms with Crippen LogP contribution in [0, 0.1) is 26.6 Å². The first kappa shape index (κ1) is 14.5. The van der Waals surface area contributed by atoms with Crippen LogP contribution in [0.3, 0.4) is 0 Å². The molecule has 2 aromatic carbocycles. The van der Waals surface area contributed by atoms with E-state index in [0.29, 0.717) is 11.1 Å². The minimum Gasteiger partial charge on any atom is -0.376 e. The second kappa shape index (κ2) is 5.25. The van der Waals surface area contributed by atoms with E-state index in [2.05, 4.69) is 0 Å². The highest BCUT2D eigenvalue weighted by atomic mass is 32.2. The summed E-state index contributed by atoms with van der Waals surface area (Å²) in [5.41, 5.74) is 2.13. The van der Waals surface area contributed by atoms with E-state index in [4.69, 9.17) is 4.18 Å². The van der Waals surface area contributed by atoms with Crippen LogP contribution in [0.2, 0.25) is 0 Å². The number of hydrogen-bond donors (Lipinski definition) is 0. The molecule has 0 unspecified atom stereocenters. The zero-order chi connectivity index (χ0) is 14.9. The van der Waals surface area contributed by atoms with E-state index >= 15 is 0 Å². The predicted octanol–water partition coefficient (Wildman–Crippen LogP) is 3.52. The molecule has 0 saturated carbocycles. The molecule has 0 radical (unpaired) electrons. The topological polar surface area (TPSA) is 43.4 Å². The van der Waals surface area contributed by atoms with Gasteiger partial charge in [-0.1, -0.05) is 29.8 Å². The molecule has 3 nitrogen and oxygen atoms in total. The Kier molecular flexibility index (Phi) is 3.81. The molecule has 0 fully saturated rings. The Bertz CT molecular complexity index is 728. The quantitative estimate of drug-likeness (QED) is 0.813. The van der Waals surface area contributed by atoms with Crippen LogP contribution >= 0.6 is 0 Å². The van der Waals surface area contributed by atoms with Crippen LogP contribution in [0.4, 0.5) is 4.39 Å². The highest BCUT2D eigenvalue weighted by Crippen LogP contribution is 2.26. The average molecular weight is 294 g/mol. The molecule has 0 aromatic heterocycles. The fourth-order valence-electron chi connectivity index (χ4n) is 2.23. The van der Waals surface area contributed by atoms with Crippen molar-refractivity contribution in [3.8, 4) is 5.75 Å². The van der Waals surface area contributed by atoms with E-state index < -0.39 is 15.9 Å². The molecule has 0 aliphatic rings. The molecule has 0 atom stereocenters. The number of rotatable bonds is 3. The Morgan fingerprint density at radius 2 is 1.55 bits per heavy atom. The van der Waals surface area contributed by atoms with Crippen LogP contribution in [0.5, 0.6) is 5.75 Å². The molecule has 0 aliphatic carbocycles. The lowest BCUT2D eigenvalue weighted by molar-refractivity contribution is 0.460. The van der Waals surface area contributed by atoms with Crippen molar-refractivity contribution in [1.82, 2.24) is 0 Å². The summed E-state index contributed by atoms with van der Waals surface area (Å²) in [7, 11) is -4.05. The summed E-state index contributed by atoms with van der Waals surface area (Å²) < 4.78 is 43.1. The van der Waals surface area contributed by atoms with Gasteiger partial charge in [0.1, 0.15) is 4.90 Å². The van der Waals surface area contributed by atoms with E-state index in [0.717, 1.165) is 11.6 Å². The average Bonchev–Trinajstić information content (AvgIpc) is 2.30. The maximum Gasteiger partial charge on any atom is 0.339 e. The molecule has 0 heterocycles. The molecule has 2 rings (SSSR count). The molecule has 106 valence electrons. The minimum atomic E-state index is -4.05. The van der Waals surface area contributed by atoms with E-state index in [1.807, 2.05) is 6.92 Å². The van der Waals surface area contributed by atoms with Crippen molar-refractivity contribution in [3.63, 3.8) is 0 Å². The molecule has 0 amide bonds. The lowest BCUT2D eigenvalue weighted by atomic mass is 10.1. The van der Waals surface area contributed by atoms with Crippen molar-refractivity contribution in [1.29, 1.82) is 0 Å². The summed E-state index contributed by atoms with van der Waals surface area (Å²) in [5, 5.41) is 0. The zero-order valence-corrected chi connectivity index (χ0v) is 12.3. The Hall–Kier alpha value is -1.88. The lowest BCUT2D eigenvalue weighted by Crippen LogP contribution is -2.14. The predicted molar refractivity (Wildman–Crippen MR) is 74.9 cm³/mol. The van der Waals surface area contributed by atoms with Gasteiger partial charge in [0, 0.05) is 0 Å². The van der Waals surface area contributed by atoms with Gasteiger partial charge in [-0.2, -0.15) is 8.42 Å². The highest BCUT2D eigenvalue weighted by Gasteiger charge is 2.23. The Morgan fingerprint density at radius 3 is 2.10 bits per heavy atom. The smallest absolute Gasteiger partial charge is 0.339 e. The number of benzene rings is 2. The Labute approximate surface area is 118 Å². The van der Waals surface area contributed by atoms with Gasteiger partial charge in [0.15, 0.2) is 11.6 Å². The van der Waals surface area contributed by atoms with Crippen molar-refractivity contribution >= 4 is 10.1 Å². The van der Waals surface area contributed by atoms with Gasteiger partial charge in [0.05, 0.1) is 0 Å². The number of hydrogen-bond acceptors (Lipinski definition) is 3. The fraction of sp³-hybridized carbons (Fsp3) is 0.200. The number of aryl methyl sites for hydroxylation is 3. The van der Waals surface area contributed by atoms with Gasteiger partial charge >= 0.3 is 10.1 Å². The van der Waals surface area contributed by atoms with Gasteiger partial charge in [-0.3, -0.25) is 0 Å². The van der Waals surface area contributed by atoms with Gasteiger partial charge in [0.25, 0.3) is 0 Å². The Balaban J connectivity index is 2.50. The van der Waals surface area contributed by atoms with Crippen molar-refractivity contribution in [2.45, 2.75) is 25.7 Å². The lowest BCUT2D eigenvalue weighted by Gasteiger charge is -2.13. The molecule has 0 bridgehead atoms. The molecule has 20 heavy (non-hydrogen) atoms. The van der Waals surface area contributed by atoms with E-state index in [1.165, 1.54) is 18.2 Å². The van der Waals surface area contributed by atoms with Crippen molar-refractivity contribution in [3.05, 3.63) is 58.9 Å². The van der Waals surface area contributed by atoms with E-state index in [-0.39, 0.29) is 10.6 Å². The van der Waals surface area contributed by atoms with Crippen LogP contribution in [-0.4, -0.2) is 8.42 Å². The maximum atomic E-state index is 13.5. The van der Waals surface area contributed by atoms with Crippen LogP contribution in [0.1, 0.15) is 16.7 Å². The number of para-hydroxylation sites is 1. The summed E-state index contributed by atoms with van der Waals surface area (Å²) in [4.78, 5) is 0.0892. The first-order chi connectivity index (χ1) is 9.31. The van der Waals surface area contributed by atoms with Crippen LogP contribution in [-0.2, 0) is 10.1 Å². The summed E-state index contributed by atoms with van der Waals surface area (Å²) in [6.45, 7) is 5.27. The van der Waals surface area contributed by atoms with Gasteiger partial charge in [-0.15, -0.1) is 0 Å². The van der Waals surface area contributed by atoms with Crippen molar-refractivity contribution in [2.75, 3.05) is 0 Å². The molecule has 0 spiro atoms. The van der Waals surface area contributed by atoms with Crippen molar-refractivity contribution in [2.24, 2.45) is 0 Å². The molecule has 0 saturated heterocycles. The van der Waals surface area contributed by atoms with Gasteiger partial charge in [-0.25, -0.2) is 4.39 Å². The third-order valence-corrected chi connectivity index (χ3v) is 4.43. The summed E-state index contributed by atoms with van der Waals surface area (Å²) in [6.07, 6.45) is 0. The first-order valence-corrected chi connectivity index (χ1v) is 7.49. The monoisotopic (exact) mass is 294 g/mol. The molecular formula is C15H15FO3S. The first-order valence-electron chi connectivity index (χ1n) is 6.08. The summed E-state index contributed by atoms with van der Waals surface area (Å²) in [5.74, 6) is -1.01. The van der Waals surface area contributed by atoms with Crippen LogP contribution in [0.15, 0.2) is 41.3 Å². The standard InChI is InChI=1S/C15H15FO3S/c1-10-8-11(2)15(12(3)9-10)20(17,18)19-14-7-5-4-6-13(14)16/h4-9H,1-3H3. The van der Waals surface area contributed by atoms with E-state index in [9.17, 15) is 12.8 Å². The molecule has 0 aliphatic heterocycles. The molecule has 2 aromatic rings. The third-order valence-electron chi connectivity index (χ3n) is 2.89. The SMILES string of the molecule is Cc1cc(C)c(S(=O)(=O)Oc2ccccc2F)c(C)c1. The highest BCUT2D eigenvalue weighted by molar-refractivity contribution is 7.87. The Morgan fingerprint density at radius 1 is 1.00 bits per heavy atom. The van der Waals surface area contributed by atoms with Gasteiger partial charge < -0.3 is 4.18 Å². The van der Waals surface area contributed by atoms with Gasteiger partial charge in [0.2, 0.25) is 0 Å². The zero-order valence-electron chi connectivity index (χ0n) is 11.5. The normalized spacial score (nSPS) is 11.4. The second-order valence-corrected chi connectivity index (χ2v) is 6.18. The van der Waals surface area contributed by atoms with E-state index in [1.54, 1.807) is 26.0 Å². The summed E-state index contributed by atoms with van der Waals surface area (Å²) >= 11 is 0. The molecule has 5 heteroatoms. The maximum absolute atomic E-state index is 13.5.